The van der Waals surface area contributed by atoms with Crippen LogP contribution in [0, 0.1) is 0 Å². The molecule has 3 N–H and O–H groups in total. The highest BCUT2D eigenvalue weighted by atomic mass is 35.5. The molecule has 0 heterocycles. The van der Waals surface area contributed by atoms with E-state index in [1.54, 1.807) is 36.3 Å². The van der Waals surface area contributed by atoms with Gasteiger partial charge in [0.2, 0.25) is 6.41 Å². The SMILES string of the molecule is COC(=O)O.COC(=O)O.COC(CCN(C)/C=C\C(=O)NC=O)COC(=O)c1cccc(Cl)c1. The lowest BCUT2D eigenvalue weighted by Gasteiger charge is -2.19. The summed E-state index contributed by atoms with van der Waals surface area (Å²) in [6.45, 7) is 0.670. The number of imide groups is 1. The van der Waals surface area contributed by atoms with E-state index in [0.717, 1.165) is 14.2 Å². The smallest absolute Gasteiger partial charge is 0.459 e. The number of rotatable bonds is 10. The number of nitrogens with one attached hydrogen (secondary N) is 1. The average Bonchev–Trinajstić information content (AvgIpc) is 2.83. The Morgan fingerprint density at radius 1 is 1.11 bits per heavy atom. The van der Waals surface area contributed by atoms with Crippen LogP contribution < -0.4 is 5.32 Å². The van der Waals surface area contributed by atoms with Crippen LogP contribution >= 0.6 is 11.6 Å². The van der Waals surface area contributed by atoms with Gasteiger partial charge in [0, 0.05) is 38.0 Å². The quantitative estimate of drug-likeness (QED) is 0.177. The van der Waals surface area contributed by atoms with Gasteiger partial charge < -0.3 is 34.1 Å². The van der Waals surface area contributed by atoms with Crippen LogP contribution in [0.3, 0.4) is 0 Å². The molecule has 1 unspecified atom stereocenters. The summed E-state index contributed by atoms with van der Waals surface area (Å²) >= 11 is 5.84. The van der Waals surface area contributed by atoms with E-state index in [0.29, 0.717) is 30.0 Å². The van der Waals surface area contributed by atoms with E-state index in [4.69, 9.17) is 40.9 Å². The molecule has 2 amide bonds. The first-order chi connectivity index (χ1) is 16.5. The molecule has 0 aliphatic heterocycles. The molecule has 1 aromatic carbocycles. The summed E-state index contributed by atoms with van der Waals surface area (Å²) in [7, 11) is 5.51. The van der Waals surface area contributed by atoms with Crippen molar-refractivity contribution in [3.8, 4) is 0 Å². The maximum Gasteiger partial charge on any atom is 0.505 e. The number of esters is 1. The molecule has 35 heavy (non-hydrogen) atoms. The zero-order chi connectivity index (χ0) is 27.2. The minimum absolute atomic E-state index is 0.102. The van der Waals surface area contributed by atoms with Crippen molar-refractivity contribution in [2.75, 3.05) is 41.5 Å². The van der Waals surface area contributed by atoms with Crippen LogP contribution in [0.15, 0.2) is 36.5 Å². The molecule has 1 atom stereocenters. The molecule has 0 aliphatic rings. The molecule has 14 heteroatoms. The van der Waals surface area contributed by atoms with Gasteiger partial charge in [-0.15, -0.1) is 0 Å². The van der Waals surface area contributed by atoms with Crippen molar-refractivity contribution in [1.82, 2.24) is 10.2 Å². The zero-order valence-electron chi connectivity index (χ0n) is 19.6. The third-order valence-corrected chi connectivity index (χ3v) is 3.86. The average molecular weight is 521 g/mol. The van der Waals surface area contributed by atoms with E-state index in [2.05, 4.69) is 9.47 Å². The van der Waals surface area contributed by atoms with Gasteiger partial charge >= 0.3 is 18.3 Å². The molecule has 13 nitrogen and oxygen atoms in total. The van der Waals surface area contributed by atoms with Crippen molar-refractivity contribution < 1.29 is 53.1 Å². The highest BCUT2D eigenvalue weighted by molar-refractivity contribution is 6.30. The van der Waals surface area contributed by atoms with Crippen LogP contribution in [0.1, 0.15) is 16.8 Å². The molecule has 0 radical (unpaired) electrons. The number of methoxy groups -OCH3 is 3. The fraction of sp³-hybridized carbons (Fsp3) is 0.381. The second-order valence-corrected chi connectivity index (χ2v) is 6.55. The van der Waals surface area contributed by atoms with E-state index in [-0.39, 0.29) is 12.7 Å². The third kappa shape index (κ3) is 20.5. The van der Waals surface area contributed by atoms with Crippen LogP contribution in [0.2, 0.25) is 5.02 Å². The number of hydrogen-bond donors (Lipinski definition) is 3. The van der Waals surface area contributed by atoms with Crippen molar-refractivity contribution in [3.63, 3.8) is 0 Å². The molecular formula is C21H29ClN2O11. The second kappa shape index (κ2) is 20.7. The summed E-state index contributed by atoms with van der Waals surface area (Å²) < 4.78 is 17.9. The van der Waals surface area contributed by atoms with Crippen molar-refractivity contribution >= 4 is 42.2 Å². The number of nitrogens with zero attached hydrogens (tertiary/aromatic N) is 1. The molecule has 0 aromatic heterocycles. The summed E-state index contributed by atoms with van der Waals surface area (Å²) in [5.74, 6) is -0.969. The second-order valence-electron chi connectivity index (χ2n) is 6.12. The van der Waals surface area contributed by atoms with Gasteiger partial charge in [0.15, 0.2) is 0 Å². The maximum atomic E-state index is 12.0. The number of halogens is 1. The monoisotopic (exact) mass is 520 g/mol. The topological polar surface area (TPSA) is 178 Å². The Balaban J connectivity index is 0. The van der Waals surface area contributed by atoms with Crippen LogP contribution in [0.5, 0.6) is 0 Å². The number of hydrogen-bond acceptors (Lipinski definition) is 10. The minimum atomic E-state index is -1.25. The zero-order valence-corrected chi connectivity index (χ0v) is 20.4. The van der Waals surface area contributed by atoms with Gasteiger partial charge in [-0.1, -0.05) is 17.7 Å². The van der Waals surface area contributed by atoms with Crippen molar-refractivity contribution in [2.24, 2.45) is 0 Å². The predicted octanol–water partition coefficient (Wildman–Crippen LogP) is 2.24. The Bertz CT molecular complexity index is 819. The van der Waals surface area contributed by atoms with E-state index < -0.39 is 24.2 Å². The van der Waals surface area contributed by atoms with Gasteiger partial charge in [0.25, 0.3) is 5.91 Å². The maximum absolute atomic E-state index is 12.0. The lowest BCUT2D eigenvalue weighted by Crippen LogP contribution is -2.26. The van der Waals surface area contributed by atoms with Crippen molar-refractivity contribution in [1.29, 1.82) is 0 Å². The minimum Gasteiger partial charge on any atom is -0.459 e. The van der Waals surface area contributed by atoms with Gasteiger partial charge in [-0.25, -0.2) is 14.4 Å². The standard InChI is InChI=1S/C17H21ClN2O5.2C2H4O3/c1-20(9-7-16(22)19-12-21)8-6-15(24-2)11-25-17(23)13-4-3-5-14(18)10-13;2*1-5-2(3)4/h3-5,7,9-10,12,15H,6,8,11H2,1-2H3,(H,19,21,22);2*1H3,(H,3,4)/b9-7-;;. The number of carboxylic acid groups (broad SMARTS) is 2. The van der Waals surface area contributed by atoms with E-state index in [1.165, 1.54) is 19.3 Å². The number of amides is 2. The summed E-state index contributed by atoms with van der Waals surface area (Å²) in [4.78, 5) is 53.3. The highest BCUT2D eigenvalue weighted by Crippen LogP contribution is 2.12. The highest BCUT2D eigenvalue weighted by Gasteiger charge is 2.13. The number of carbonyl (C=O) groups excluding carboxylic acids is 3. The number of ether oxygens (including phenoxy) is 4. The van der Waals surface area contributed by atoms with E-state index >= 15 is 0 Å². The lowest BCUT2D eigenvalue weighted by molar-refractivity contribution is -0.121. The molecule has 0 spiro atoms. The van der Waals surface area contributed by atoms with Crippen molar-refractivity contribution in [2.45, 2.75) is 12.5 Å². The van der Waals surface area contributed by atoms with Crippen molar-refractivity contribution in [3.05, 3.63) is 47.1 Å². The number of benzene rings is 1. The van der Waals surface area contributed by atoms with E-state index in [9.17, 15) is 14.4 Å². The number of carbonyl (C=O) groups is 5. The molecule has 0 saturated heterocycles. The first-order valence-corrected chi connectivity index (χ1v) is 10.00. The van der Waals surface area contributed by atoms with Gasteiger partial charge in [0.05, 0.1) is 25.9 Å². The molecule has 0 aliphatic carbocycles. The fourth-order valence-electron chi connectivity index (χ4n) is 1.86. The molecule has 1 aromatic rings. The first-order valence-electron chi connectivity index (χ1n) is 9.62. The summed E-state index contributed by atoms with van der Waals surface area (Å²) in [5.41, 5.74) is 0.378. The van der Waals surface area contributed by atoms with Crippen LogP contribution in [0.25, 0.3) is 0 Å². The summed E-state index contributed by atoms with van der Waals surface area (Å²) in [6.07, 6.45) is 0.911. The summed E-state index contributed by atoms with van der Waals surface area (Å²) in [5, 5.41) is 17.5. The molecule has 0 fully saturated rings. The van der Waals surface area contributed by atoms with Crippen LogP contribution in [0.4, 0.5) is 9.59 Å². The Hall–Kier alpha value is -3.84. The molecule has 196 valence electrons. The molecule has 0 bridgehead atoms. The largest absolute Gasteiger partial charge is 0.505 e. The van der Waals surface area contributed by atoms with Gasteiger partial charge in [0.1, 0.15) is 6.61 Å². The molecule has 0 saturated carbocycles. The van der Waals surface area contributed by atoms with Gasteiger partial charge in [-0.3, -0.25) is 14.9 Å². The Morgan fingerprint density at radius 2 is 1.69 bits per heavy atom. The van der Waals surface area contributed by atoms with Gasteiger partial charge in [-0.05, 0) is 24.6 Å². The van der Waals surface area contributed by atoms with E-state index in [1.807, 2.05) is 5.32 Å². The summed E-state index contributed by atoms with van der Waals surface area (Å²) in [6, 6.07) is 6.51. The van der Waals surface area contributed by atoms with Gasteiger partial charge in [-0.2, -0.15) is 0 Å². The fourth-order valence-corrected chi connectivity index (χ4v) is 2.05. The molecular weight excluding hydrogens is 492 g/mol. The molecule has 1 rings (SSSR count). The Labute approximate surface area is 207 Å². The Kier molecular flexibility index (Phi) is 19.8. The first kappa shape index (κ1) is 33.3. The predicted molar refractivity (Wildman–Crippen MR) is 123 cm³/mol. The lowest BCUT2D eigenvalue weighted by atomic mass is 10.2. The van der Waals surface area contributed by atoms with Crippen LogP contribution in [-0.2, 0) is 28.5 Å². The van der Waals surface area contributed by atoms with Crippen LogP contribution in [-0.4, -0.2) is 93.3 Å². The normalized spacial score (nSPS) is 10.3. The third-order valence-electron chi connectivity index (χ3n) is 3.63. The Morgan fingerprint density at radius 3 is 2.14 bits per heavy atom.